The smallest absolute Gasteiger partial charge is 0.350 e. The number of amides is 1. The number of carbonyl (C=O) groups excluding carboxylic acids is 1. The standard InChI is InChI=1S/C17H14F3N5O/c18-17(19,20)14-8-4-7-13(9-14)16-22-24-25(23-16)11-15(26)21-10-12-5-2-1-3-6-12/h1-9H,10-11H2,(H,21,26). The maximum atomic E-state index is 12.8. The average Bonchev–Trinajstić information content (AvgIpc) is 3.09. The first kappa shape index (κ1) is 17.6. The predicted octanol–water partition coefficient (Wildman–Crippen LogP) is 2.68. The molecule has 0 radical (unpaired) electrons. The summed E-state index contributed by atoms with van der Waals surface area (Å²) in [5.41, 5.74) is 0.319. The van der Waals surface area contributed by atoms with E-state index in [0.717, 1.165) is 22.5 Å². The lowest BCUT2D eigenvalue weighted by atomic mass is 10.1. The van der Waals surface area contributed by atoms with Gasteiger partial charge in [0.15, 0.2) is 0 Å². The number of nitrogens with zero attached hydrogens (tertiary/aromatic N) is 4. The molecule has 0 saturated heterocycles. The summed E-state index contributed by atoms with van der Waals surface area (Å²) in [7, 11) is 0. The Kier molecular flexibility index (Phi) is 4.97. The molecule has 3 rings (SSSR count). The zero-order chi connectivity index (χ0) is 18.6. The Bertz CT molecular complexity index is 893. The van der Waals surface area contributed by atoms with Crippen LogP contribution in [0.2, 0.25) is 0 Å². The summed E-state index contributed by atoms with van der Waals surface area (Å²) < 4.78 is 38.3. The number of rotatable bonds is 5. The molecule has 0 unspecified atom stereocenters. The lowest BCUT2D eigenvalue weighted by Gasteiger charge is -2.06. The number of carbonyl (C=O) groups is 1. The summed E-state index contributed by atoms with van der Waals surface area (Å²) in [5.74, 6) is -0.311. The van der Waals surface area contributed by atoms with E-state index in [0.29, 0.717) is 6.54 Å². The third-order valence-electron chi connectivity index (χ3n) is 3.52. The molecular formula is C17H14F3N5O. The van der Waals surface area contributed by atoms with Crippen LogP contribution in [0.15, 0.2) is 54.6 Å². The summed E-state index contributed by atoms with van der Waals surface area (Å²) in [4.78, 5) is 13.0. The molecule has 0 fully saturated rings. The number of benzene rings is 2. The van der Waals surface area contributed by atoms with Crippen molar-refractivity contribution in [2.45, 2.75) is 19.3 Å². The summed E-state index contributed by atoms with van der Waals surface area (Å²) in [5, 5.41) is 14.1. The molecule has 2 aromatic carbocycles. The minimum absolute atomic E-state index is 0.0203. The van der Waals surface area contributed by atoms with Gasteiger partial charge in [-0.3, -0.25) is 4.79 Å². The van der Waals surface area contributed by atoms with E-state index in [-0.39, 0.29) is 23.8 Å². The van der Waals surface area contributed by atoms with Crippen molar-refractivity contribution in [3.8, 4) is 11.4 Å². The van der Waals surface area contributed by atoms with Gasteiger partial charge < -0.3 is 5.32 Å². The van der Waals surface area contributed by atoms with Crippen molar-refractivity contribution in [1.29, 1.82) is 0 Å². The van der Waals surface area contributed by atoms with Crippen LogP contribution in [-0.4, -0.2) is 26.1 Å². The van der Waals surface area contributed by atoms with E-state index in [1.54, 1.807) is 0 Å². The van der Waals surface area contributed by atoms with E-state index in [2.05, 4.69) is 20.7 Å². The van der Waals surface area contributed by atoms with E-state index < -0.39 is 11.7 Å². The highest BCUT2D eigenvalue weighted by Gasteiger charge is 2.30. The quantitative estimate of drug-likeness (QED) is 0.758. The number of aromatic nitrogens is 4. The molecule has 1 aromatic heterocycles. The molecular weight excluding hydrogens is 347 g/mol. The monoisotopic (exact) mass is 361 g/mol. The number of tetrazole rings is 1. The molecule has 1 heterocycles. The average molecular weight is 361 g/mol. The van der Waals surface area contributed by atoms with Crippen LogP contribution in [-0.2, 0) is 24.1 Å². The van der Waals surface area contributed by atoms with Gasteiger partial charge in [-0.25, -0.2) is 0 Å². The number of hydrogen-bond donors (Lipinski definition) is 1. The van der Waals surface area contributed by atoms with Gasteiger partial charge in [0.2, 0.25) is 11.7 Å². The molecule has 0 saturated carbocycles. The van der Waals surface area contributed by atoms with Gasteiger partial charge in [-0.2, -0.15) is 18.0 Å². The Morgan fingerprint density at radius 1 is 1.08 bits per heavy atom. The molecule has 1 amide bonds. The van der Waals surface area contributed by atoms with Crippen molar-refractivity contribution in [3.63, 3.8) is 0 Å². The highest BCUT2D eigenvalue weighted by atomic mass is 19.4. The van der Waals surface area contributed by atoms with Crippen LogP contribution >= 0.6 is 0 Å². The minimum Gasteiger partial charge on any atom is -0.350 e. The third kappa shape index (κ3) is 4.44. The van der Waals surface area contributed by atoms with Crippen molar-refractivity contribution >= 4 is 5.91 Å². The molecule has 0 aliphatic heterocycles. The zero-order valence-corrected chi connectivity index (χ0v) is 13.4. The van der Waals surface area contributed by atoms with Crippen LogP contribution in [0.25, 0.3) is 11.4 Å². The SMILES string of the molecule is O=C(Cn1nnc(-c2cccc(C(F)(F)F)c2)n1)NCc1ccccc1. The lowest BCUT2D eigenvalue weighted by molar-refractivity contribution is -0.137. The van der Waals surface area contributed by atoms with Gasteiger partial charge in [-0.15, -0.1) is 10.2 Å². The first-order valence-corrected chi connectivity index (χ1v) is 7.68. The van der Waals surface area contributed by atoms with Crippen LogP contribution in [0.4, 0.5) is 13.2 Å². The van der Waals surface area contributed by atoms with E-state index in [1.165, 1.54) is 12.1 Å². The predicted molar refractivity (Wildman–Crippen MR) is 86.5 cm³/mol. The Balaban J connectivity index is 1.64. The summed E-state index contributed by atoms with van der Waals surface area (Å²) in [6.07, 6.45) is -4.46. The van der Waals surface area contributed by atoms with Crippen LogP contribution in [0.5, 0.6) is 0 Å². The number of nitrogens with one attached hydrogen (secondary N) is 1. The van der Waals surface area contributed by atoms with Crippen LogP contribution in [0, 0.1) is 0 Å². The number of alkyl halides is 3. The second-order valence-corrected chi connectivity index (χ2v) is 5.48. The van der Waals surface area contributed by atoms with Gasteiger partial charge in [-0.05, 0) is 22.9 Å². The minimum atomic E-state index is -4.46. The fourth-order valence-electron chi connectivity index (χ4n) is 2.24. The molecule has 134 valence electrons. The zero-order valence-electron chi connectivity index (χ0n) is 13.4. The summed E-state index contributed by atoms with van der Waals surface area (Å²) in [6.45, 7) is 0.174. The van der Waals surface area contributed by atoms with E-state index in [4.69, 9.17) is 0 Å². The normalized spacial score (nSPS) is 11.3. The van der Waals surface area contributed by atoms with Crippen LogP contribution in [0.1, 0.15) is 11.1 Å². The van der Waals surface area contributed by atoms with E-state index in [9.17, 15) is 18.0 Å². The third-order valence-corrected chi connectivity index (χ3v) is 3.52. The highest BCUT2D eigenvalue weighted by molar-refractivity contribution is 5.75. The second-order valence-electron chi connectivity index (χ2n) is 5.48. The van der Waals surface area contributed by atoms with Crippen molar-refractivity contribution in [1.82, 2.24) is 25.5 Å². The summed E-state index contributed by atoms with van der Waals surface area (Å²) in [6, 6.07) is 14.0. The maximum Gasteiger partial charge on any atom is 0.416 e. The van der Waals surface area contributed by atoms with Gasteiger partial charge in [-0.1, -0.05) is 42.5 Å². The van der Waals surface area contributed by atoms with E-state index in [1.807, 2.05) is 30.3 Å². The van der Waals surface area contributed by atoms with E-state index >= 15 is 0 Å². The Labute approximate surface area is 146 Å². The molecule has 0 aliphatic rings. The highest BCUT2D eigenvalue weighted by Crippen LogP contribution is 2.31. The van der Waals surface area contributed by atoms with Crippen LogP contribution in [0.3, 0.4) is 0 Å². The van der Waals surface area contributed by atoms with Crippen LogP contribution < -0.4 is 5.32 Å². The first-order chi connectivity index (χ1) is 12.4. The molecule has 3 aromatic rings. The van der Waals surface area contributed by atoms with Crippen molar-refractivity contribution in [3.05, 3.63) is 65.7 Å². The molecule has 0 aliphatic carbocycles. The molecule has 26 heavy (non-hydrogen) atoms. The molecule has 0 bridgehead atoms. The molecule has 0 atom stereocenters. The Morgan fingerprint density at radius 2 is 1.85 bits per heavy atom. The fraction of sp³-hybridized carbons (Fsp3) is 0.176. The largest absolute Gasteiger partial charge is 0.416 e. The fourth-order valence-corrected chi connectivity index (χ4v) is 2.24. The second kappa shape index (κ2) is 7.34. The topological polar surface area (TPSA) is 72.7 Å². The number of halogens is 3. The van der Waals surface area contributed by atoms with Gasteiger partial charge in [0.05, 0.1) is 5.56 Å². The van der Waals surface area contributed by atoms with Crippen molar-refractivity contribution < 1.29 is 18.0 Å². The molecule has 1 N–H and O–H groups in total. The first-order valence-electron chi connectivity index (χ1n) is 7.68. The molecule has 9 heteroatoms. The van der Waals surface area contributed by atoms with Crippen molar-refractivity contribution in [2.75, 3.05) is 0 Å². The Hall–Kier alpha value is -3.23. The molecule has 6 nitrogen and oxygen atoms in total. The lowest BCUT2D eigenvalue weighted by Crippen LogP contribution is -2.28. The summed E-state index contributed by atoms with van der Waals surface area (Å²) >= 11 is 0. The van der Waals surface area contributed by atoms with Gasteiger partial charge in [0.1, 0.15) is 6.54 Å². The van der Waals surface area contributed by atoms with Crippen molar-refractivity contribution in [2.24, 2.45) is 0 Å². The van der Waals surface area contributed by atoms with Gasteiger partial charge >= 0.3 is 6.18 Å². The van der Waals surface area contributed by atoms with Gasteiger partial charge in [0, 0.05) is 12.1 Å². The Morgan fingerprint density at radius 3 is 2.58 bits per heavy atom. The maximum absolute atomic E-state index is 12.8. The molecule has 0 spiro atoms. The number of hydrogen-bond acceptors (Lipinski definition) is 4. The van der Waals surface area contributed by atoms with Gasteiger partial charge in [0.25, 0.3) is 0 Å².